The van der Waals surface area contributed by atoms with Gasteiger partial charge in [-0.3, -0.25) is 4.79 Å². The molecule has 0 radical (unpaired) electrons. The van der Waals surface area contributed by atoms with Gasteiger partial charge in [-0.05, 0) is 49.1 Å². The molecule has 6 heteroatoms. The van der Waals surface area contributed by atoms with Gasteiger partial charge in [-0.2, -0.15) is 0 Å². The van der Waals surface area contributed by atoms with Crippen LogP contribution in [0.15, 0.2) is 54.6 Å². The van der Waals surface area contributed by atoms with Gasteiger partial charge in [-0.25, -0.2) is 14.4 Å². The van der Waals surface area contributed by atoms with E-state index in [0.29, 0.717) is 42.4 Å². The van der Waals surface area contributed by atoms with Gasteiger partial charge in [0.15, 0.2) is 0 Å². The van der Waals surface area contributed by atoms with Crippen LogP contribution in [-0.4, -0.2) is 29.0 Å². The Bertz CT molecular complexity index is 1020. The number of hydrogen-bond acceptors (Lipinski definition) is 4. The summed E-state index contributed by atoms with van der Waals surface area (Å²) in [6.07, 6.45) is 1.35. The van der Waals surface area contributed by atoms with Crippen molar-refractivity contribution in [2.24, 2.45) is 0 Å². The Labute approximate surface area is 163 Å². The van der Waals surface area contributed by atoms with Crippen LogP contribution in [0.1, 0.15) is 27.3 Å². The Morgan fingerprint density at radius 2 is 1.93 bits per heavy atom. The molecule has 0 spiro atoms. The molecule has 0 aliphatic carbocycles. The molecule has 0 saturated heterocycles. The van der Waals surface area contributed by atoms with E-state index in [2.05, 4.69) is 15.3 Å². The number of nitrogens with zero attached hydrogens (tertiary/aromatic N) is 3. The summed E-state index contributed by atoms with van der Waals surface area (Å²) in [6.45, 7) is 2.96. The fraction of sp³-hybridized carbons (Fsp3) is 0.227. The summed E-state index contributed by atoms with van der Waals surface area (Å²) < 4.78 is 13.7. The van der Waals surface area contributed by atoms with Gasteiger partial charge in [0.1, 0.15) is 11.5 Å². The Morgan fingerprint density at radius 3 is 2.79 bits per heavy atom. The molecule has 4 rings (SSSR count). The highest BCUT2D eigenvalue weighted by molar-refractivity contribution is 6.06. The average Bonchev–Trinajstić information content (AvgIpc) is 3.12. The van der Waals surface area contributed by atoms with Gasteiger partial charge in [0.05, 0.1) is 0 Å². The van der Waals surface area contributed by atoms with Crippen LogP contribution in [0.3, 0.4) is 0 Å². The molecule has 2 heterocycles. The van der Waals surface area contributed by atoms with Crippen molar-refractivity contribution in [1.82, 2.24) is 9.97 Å². The van der Waals surface area contributed by atoms with Gasteiger partial charge in [-0.15, -0.1) is 0 Å². The average molecular weight is 376 g/mol. The summed E-state index contributed by atoms with van der Waals surface area (Å²) in [4.78, 5) is 23.5. The highest BCUT2D eigenvalue weighted by Crippen LogP contribution is 2.28. The lowest BCUT2D eigenvalue weighted by atomic mass is 10.1. The van der Waals surface area contributed by atoms with Crippen LogP contribution in [-0.2, 0) is 12.8 Å². The molecule has 142 valence electrons. The summed E-state index contributed by atoms with van der Waals surface area (Å²) in [5.74, 6) is 0.0257. The number of rotatable bonds is 5. The molecule has 3 aromatic rings. The van der Waals surface area contributed by atoms with E-state index in [9.17, 15) is 9.18 Å². The molecule has 0 unspecified atom stereocenters. The zero-order valence-electron chi connectivity index (χ0n) is 15.7. The van der Waals surface area contributed by atoms with Crippen LogP contribution in [0.25, 0.3) is 0 Å². The number of hydrogen-bond donors (Lipinski definition) is 1. The molecule has 1 amide bonds. The fourth-order valence-corrected chi connectivity index (χ4v) is 3.45. The molecule has 1 N–H and O–H groups in total. The quantitative estimate of drug-likeness (QED) is 0.736. The van der Waals surface area contributed by atoms with E-state index in [-0.39, 0.29) is 11.7 Å². The molecular formula is C22H21FN4O. The van der Waals surface area contributed by atoms with Crippen molar-refractivity contribution >= 4 is 17.5 Å². The van der Waals surface area contributed by atoms with E-state index in [0.717, 1.165) is 12.1 Å². The largest absolute Gasteiger partial charge is 0.354 e. The van der Waals surface area contributed by atoms with Crippen LogP contribution in [0.2, 0.25) is 0 Å². The van der Waals surface area contributed by atoms with Crippen molar-refractivity contribution in [3.05, 3.63) is 82.9 Å². The molecule has 0 bridgehead atoms. The Hall–Kier alpha value is -3.28. The number of amides is 1. The summed E-state index contributed by atoms with van der Waals surface area (Å²) in [5.41, 5.74) is 3.81. The molecule has 28 heavy (non-hydrogen) atoms. The number of aromatic nitrogens is 2. The van der Waals surface area contributed by atoms with Crippen LogP contribution < -0.4 is 10.2 Å². The number of carbonyl (C=O) groups is 1. The van der Waals surface area contributed by atoms with Crippen LogP contribution in [0.4, 0.5) is 16.0 Å². The Kier molecular flexibility index (Phi) is 5.02. The second kappa shape index (κ2) is 7.76. The number of benzene rings is 2. The van der Waals surface area contributed by atoms with Gasteiger partial charge in [0.2, 0.25) is 5.95 Å². The predicted molar refractivity (Wildman–Crippen MR) is 107 cm³/mol. The lowest BCUT2D eigenvalue weighted by Crippen LogP contribution is -2.30. The first-order chi connectivity index (χ1) is 13.6. The third-order valence-electron chi connectivity index (χ3n) is 4.84. The highest BCUT2D eigenvalue weighted by atomic mass is 19.1. The van der Waals surface area contributed by atoms with Gasteiger partial charge in [0, 0.05) is 24.5 Å². The maximum atomic E-state index is 13.7. The van der Waals surface area contributed by atoms with E-state index in [1.54, 1.807) is 23.1 Å². The molecule has 1 aliphatic heterocycles. The van der Waals surface area contributed by atoms with Gasteiger partial charge < -0.3 is 10.2 Å². The van der Waals surface area contributed by atoms with Gasteiger partial charge in [-0.1, -0.05) is 36.4 Å². The first-order valence-corrected chi connectivity index (χ1v) is 9.34. The molecule has 1 aliphatic rings. The number of fused-ring (bicyclic) bond motifs is 1. The second-order valence-electron chi connectivity index (χ2n) is 6.82. The Balaban J connectivity index is 1.48. The monoisotopic (exact) mass is 376 g/mol. The standard InChI is InChI=1S/C22H21FN4O/c1-15-14-19(21(28)27-13-11-17-7-3-5-9-20(17)27)26-22(25-15)24-12-10-16-6-2-4-8-18(16)23/h2-9,14H,10-13H2,1H3,(H,24,25,26). The van der Waals surface area contributed by atoms with Gasteiger partial charge in [0.25, 0.3) is 5.91 Å². The van der Waals surface area contributed by atoms with E-state index in [4.69, 9.17) is 0 Å². The summed E-state index contributed by atoms with van der Waals surface area (Å²) in [6, 6.07) is 16.3. The summed E-state index contributed by atoms with van der Waals surface area (Å²) >= 11 is 0. The van der Waals surface area contributed by atoms with E-state index in [1.807, 2.05) is 37.3 Å². The molecule has 5 nitrogen and oxygen atoms in total. The number of para-hydroxylation sites is 1. The lowest BCUT2D eigenvalue weighted by molar-refractivity contribution is 0.0984. The van der Waals surface area contributed by atoms with Crippen molar-refractivity contribution in [2.75, 3.05) is 23.3 Å². The van der Waals surface area contributed by atoms with Gasteiger partial charge >= 0.3 is 0 Å². The summed E-state index contributed by atoms with van der Waals surface area (Å²) in [7, 11) is 0. The van der Waals surface area contributed by atoms with Crippen LogP contribution in [0, 0.1) is 12.7 Å². The van der Waals surface area contributed by atoms with Crippen molar-refractivity contribution in [3.8, 4) is 0 Å². The zero-order valence-corrected chi connectivity index (χ0v) is 15.7. The molecule has 1 aromatic heterocycles. The van der Waals surface area contributed by atoms with E-state index in [1.165, 1.54) is 11.6 Å². The molecule has 0 saturated carbocycles. The lowest BCUT2D eigenvalue weighted by Gasteiger charge is -2.17. The molecule has 0 atom stereocenters. The van der Waals surface area contributed by atoms with Crippen LogP contribution >= 0.6 is 0 Å². The minimum absolute atomic E-state index is 0.132. The fourth-order valence-electron chi connectivity index (χ4n) is 3.45. The normalized spacial score (nSPS) is 12.7. The second-order valence-corrected chi connectivity index (χ2v) is 6.82. The van der Waals surface area contributed by atoms with E-state index < -0.39 is 0 Å². The summed E-state index contributed by atoms with van der Waals surface area (Å²) in [5, 5.41) is 3.11. The maximum Gasteiger partial charge on any atom is 0.277 e. The van der Waals surface area contributed by atoms with Crippen molar-refractivity contribution in [3.63, 3.8) is 0 Å². The predicted octanol–water partition coefficient (Wildman–Crippen LogP) is 3.78. The third kappa shape index (κ3) is 3.71. The van der Waals surface area contributed by atoms with Crippen LogP contribution in [0.5, 0.6) is 0 Å². The molecule has 2 aromatic carbocycles. The first-order valence-electron chi connectivity index (χ1n) is 9.34. The minimum atomic E-state index is -0.224. The smallest absolute Gasteiger partial charge is 0.277 e. The number of anilines is 2. The maximum absolute atomic E-state index is 13.7. The Morgan fingerprint density at radius 1 is 1.14 bits per heavy atom. The number of carbonyl (C=O) groups excluding carboxylic acids is 1. The zero-order chi connectivity index (χ0) is 19.5. The highest BCUT2D eigenvalue weighted by Gasteiger charge is 2.26. The van der Waals surface area contributed by atoms with Crippen molar-refractivity contribution < 1.29 is 9.18 Å². The SMILES string of the molecule is Cc1cc(C(=O)N2CCc3ccccc32)nc(NCCc2ccccc2F)n1. The molecule has 0 fully saturated rings. The molecular weight excluding hydrogens is 355 g/mol. The third-order valence-corrected chi connectivity index (χ3v) is 4.84. The van der Waals surface area contributed by atoms with E-state index >= 15 is 0 Å². The first kappa shape index (κ1) is 18.1. The number of nitrogens with one attached hydrogen (secondary N) is 1. The van der Waals surface area contributed by atoms with Crippen molar-refractivity contribution in [2.45, 2.75) is 19.8 Å². The number of aryl methyl sites for hydroxylation is 1. The minimum Gasteiger partial charge on any atom is -0.354 e. The topological polar surface area (TPSA) is 58.1 Å². The number of halogens is 1. The van der Waals surface area contributed by atoms with Crippen molar-refractivity contribution in [1.29, 1.82) is 0 Å².